The SMILES string of the molecule is CC1=C(C)C(C)C([Si](C)(C)C2=C(C)C(C)=C(C)C2(C)C)=C1C. The lowest BCUT2D eigenvalue weighted by atomic mass is 9.87. The minimum absolute atomic E-state index is 0.224. The third-order valence-corrected chi connectivity index (χ3v) is 11.4. The number of rotatable bonds is 2. The Labute approximate surface area is 139 Å². The summed E-state index contributed by atoms with van der Waals surface area (Å²) in [7, 11) is -1.65. The molecule has 0 bridgehead atoms. The molecule has 22 heavy (non-hydrogen) atoms. The maximum absolute atomic E-state index is 2.58. The predicted octanol–water partition coefficient (Wildman–Crippen LogP) is 6.77. The second-order valence-corrected chi connectivity index (χ2v) is 12.9. The van der Waals surface area contributed by atoms with Crippen LogP contribution in [-0.2, 0) is 0 Å². The zero-order valence-corrected chi connectivity index (χ0v) is 17.6. The van der Waals surface area contributed by atoms with Crippen molar-refractivity contribution in [2.24, 2.45) is 11.3 Å². The van der Waals surface area contributed by atoms with Crippen molar-refractivity contribution in [1.29, 1.82) is 0 Å². The lowest BCUT2D eigenvalue weighted by Crippen LogP contribution is -2.41. The second kappa shape index (κ2) is 5.09. The monoisotopic (exact) mass is 314 g/mol. The van der Waals surface area contributed by atoms with Gasteiger partial charge in [-0.25, -0.2) is 0 Å². The van der Waals surface area contributed by atoms with Crippen LogP contribution in [0.1, 0.15) is 62.3 Å². The molecule has 0 radical (unpaired) electrons. The van der Waals surface area contributed by atoms with E-state index >= 15 is 0 Å². The molecule has 0 saturated heterocycles. The molecular formula is C21H34Si. The standard InChI is InChI=1S/C21H34Si/c1-12-13(2)16(5)19(15(12)4)22(10,11)20-17(6)14(3)18(7)21(20,8)9/h15H,1-11H3. The summed E-state index contributed by atoms with van der Waals surface area (Å²) in [5.74, 6) is 0.624. The van der Waals surface area contributed by atoms with Gasteiger partial charge in [0.2, 0.25) is 0 Å². The van der Waals surface area contributed by atoms with E-state index in [1.165, 1.54) is 5.57 Å². The Hall–Kier alpha value is -0.823. The van der Waals surface area contributed by atoms with E-state index in [4.69, 9.17) is 0 Å². The molecule has 0 aliphatic heterocycles. The van der Waals surface area contributed by atoms with Crippen LogP contribution in [0.25, 0.3) is 0 Å². The number of hydrogen-bond acceptors (Lipinski definition) is 0. The molecule has 0 amide bonds. The van der Waals surface area contributed by atoms with Gasteiger partial charge in [0.05, 0.1) is 0 Å². The first-order chi connectivity index (χ1) is 9.86. The van der Waals surface area contributed by atoms with Crippen LogP contribution in [0.2, 0.25) is 13.1 Å². The van der Waals surface area contributed by atoms with Gasteiger partial charge in [0.25, 0.3) is 0 Å². The molecule has 0 saturated carbocycles. The summed E-state index contributed by atoms with van der Waals surface area (Å²) < 4.78 is 0. The predicted molar refractivity (Wildman–Crippen MR) is 103 cm³/mol. The smallest absolute Gasteiger partial charge is 0.0665 e. The Morgan fingerprint density at radius 2 is 1.27 bits per heavy atom. The largest absolute Gasteiger partial charge is 0.105 e. The molecule has 0 spiro atoms. The van der Waals surface area contributed by atoms with Crippen LogP contribution in [0, 0.1) is 11.3 Å². The van der Waals surface area contributed by atoms with Crippen LogP contribution in [0.3, 0.4) is 0 Å². The van der Waals surface area contributed by atoms with E-state index in [0.29, 0.717) is 5.92 Å². The third kappa shape index (κ3) is 2.08. The first-order valence-electron chi connectivity index (χ1n) is 8.65. The lowest BCUT2D eigenvalue weighted by molar-refractivity contribution is 0.568. The average Bonchev–Trinajstić information content (AvgIpc) is 2.69. The lowest BCUT2D eigenvalue weighted by Gasteiger charge is -2.40. The topological polar surface area (TPSA) is 0 Å². The van der Waals surface area contributed by atoms with Crippen molar-refractivity contribution >= 4 is 8.07 Å². The molecule has 0 N–H and O–H groups in total. The summed E-state index contributed by atoms with van der Waals surface area (Å²) in [5, 5.41) is 3.53. The van der Waals surface area contributed by atoms with Crippen molar-refractivity contribution < 1.29 is 0 Å². The first-order valence-corrected chi connectivity index (χ1v) is 11.7. The second-order valence-electron chi connectivity index (χ2n) is 8.57. The molecule has 0 aromatic heterocycles. The molecule has 0 aromatic rings. The highest BCUT2D eigenvalue weighted by molar-refractivity contribution is 6.91. The van der Waals surface area contributed by atoms with Gasteiger partial charge in [0.1, 0.15) is 8.07 Å². The van der Waals surface area contributed by atoms with Crippen molar-refractivity contribution in [2.75, 3.05) is 0 Å². The zero-order valence-electron chi connectivity index (χ0n) is 16.6. The molecule has 0 aromatic carbocycles. The van der Waals surface area contributed by atoms with Gasteiger partial charge in [-0.2, -0.15) is 0 Å². The van der Waals surface area contributed by atoms with Crippen molar-refractivity contribution in [3.63, 3.8) is 0 Å². The molecule has 122 valence electrons. The van der Waals surface area contributed by atoms with Crippen molar-refractivity contribution in [3.8, 4) is 0 Å². The Bertz CT molecular complexity index is 660. The van der Waals surface area contributed by atoms with Crippen molar-refractivity contribution in [2.45, 2.75) is 75.4 Å². The van der Waals surface area contributed by atoms with Crippen LogP contribution >= 0.6 is 0 Å². The normalized spacial score (nSPS) is 26.0. The van der Waals surface area contributed by atoms with E-state index in [9.17, 15) is 0 Å². The fourth-order valence-corrected chi connectivity index (χ4v) is 10.9. The van der Waals surface area contributed by atoms with E-state index in [2.05, 4.69) is 75.4 Å². The van der Waals surface area contributed by atoms with Crippen LogP contribution in [0.5, 0.6) is 0 Å². The first kappa shape index (κ1) is 17.5. The van der Waals surface area contributed by atoms with Gasteiger partial charge in [0.15, 0.2) is 0 Å². The van der Waals surface area contributed by atoms with E-state index in [-0.39, 0.29) is 5.41 Å². The quantitative estimate of drug-likeness (QED) is 0.493. The fraction of sp³-hybridized carbons (Fsp3) is 0.619. The molecular weight excluding hydrogens is 280 g/mol. The van der Waals surface area contributed by atoms with Crippen LogP contribution < -0.4 is 0 Å². The zero-order chi connectivity index (χ0) is 17.2. The summed E-state index contributed by atoms with van der Waals surface area (Å²) in [6, 6.07) is 0. The summed E-state index contributed by atoms with van der Waals surface area (Å²) in [6.07, 6.45) is 0. The minimum atomic E-state index is -1.65. The fourth-order valence-electron chi connectivity index (χ4n) is 5.35. The molecule has 2 aliphatic carbocycles. The van der Waals surface area contributed by atoms with Gasteiger partial charge < -0.3 is 0 Å². The maximum atomic E-state index is 2.58. The number of allylic oxidation sites excluding steroid dienone is 8. The summed E-state index contributed by atoms with van der Waals surface area (Å²) in [5.41, 5.74) is 9.62. The Morgan fingerprint density at radius 1 is 0.773 bits per heavy atom. The third-order valence-electron chi connectivity index (χ3n) is 7.00. The molecule has 0 nitrogen and oxygen atoms in total. The van der Waals surface area contributed by atoms with Crippen LogP contribution in [0.15, 0.2) is 43.8 Å². The van der Waals surface area contributed by atoms with Crippen LogP contribution in [-0.4, -0.2) is 8.07 Å². The highest BCUT2D eigenvalue weighted by atomic mass is 28.3. The minimum Gasteiger partial charge on any atom is -0.0665 e. The number of hydrogen-bond donors (Lipinski definition) is 0. The Morgan fingerprint density at radius 3 is 1.59 bits per heavy atom. The molecule has 1 heteroatoms. The van der Waals surface area contributed by atoms with Gasteiger partial charge in [-0.3, -0.25) is 0 Å². The summed E-state index contributed by atoms with van der Waals surface area (Å²) in [4.78, 5) is 0. The molecule has 0 fully saturated rings. The van der Waals surface area contributed by atoms with Crippen LogP contribution in [0.4, 0.5) is 0 Å². The van der Waals surface area contributed by atoms with Crippen molar-refractivity contribution in [3.05, 3.63) is 43.8 Å². The average molecular weight is 315 g/mol. The Kier molecular flexibility index (Phi) is 4.06. The maximum Gasteiger partial charge on any atom is 0.105 e. The van der Waals surface area contributed by atoms with Gasteiger partial charge in [0, 0.05) is 5.41 Å². The summed E-state index contributed by atoms with van der Waals surface area (Å²) >= 11 is 0. The molecule has 2 rings (SSSR count). The van der Waals surface area contributed by atoms with E-state index in [0.717, 1.165) is 0 Å². The van der Waals surface area contributed by atoms with Gasteiger partial charge in [-0.15, -0.1) is 0 Å². The molecule has 0 heterocycles. The molecule has 1 unspecified atom stereocenters. The van der Waals surface area contributed by atoms with Crippen molar-refractivity contribution in [1.82, 2.24) is 0 Å². The molecule has 1 atom stereocenters. The van der Waals surface area contributed by atoms with E-state index < -0.39 is 8.07 Å². The van der Waals surface area contributed by atoms with Gasteiger partial charge in [-0.05, 0) is 58.6 Å². The molecule has 2 aliphatic rings. The Balaban J connectivity index is 2.65. The highest BCUT2D eigenvalue weighted by Crippen LogP contribution is 2.54. The van der Waals surface area contributed by atoms with Gasteiger partial charge in [-0.1, -0.05) is 66.6 Å². The highest BCUT2D eigenvalue weighted by Gasteiger charge is 2.47. The van der Waals surface area contributed by atoms with E-state index in [1.807, 2.05) is 0 Å². The van der Waals surface area contributed by atoms with E-state index in [1.54, 1.807) is 38.3 Å². The van der Waals surface area contributed by atoms with Gasteiger partial charge >= 0.3 is 0 Å². The summed E-state index contributed by atoms with van der Waals surface area (Å²) in [6.45, 7) is 26.5.